The number of nitrogens with zero attached hydrogens (tertiary/aromatic N) is 2. The Kier molecular flexibility index (Phi) is 18.5. The molecule has 0 radical (unpaired) electrons. The summed E-state index contributed by atoms with van der Waals surface area (Å²) in [6.45, 7) is 12.8. The van der Waals surface area contributed by atoms with Crippen LogP contribution in [-0.2, 0) is 0 Å². The van der Waals surface area contributed by atoms with E-state index in [1.54, 1.807) is 0 Å². The molecule has 1 aromatic heterocycles. The molecule has 0 saturated carbocycles. The van der Waals surface area contributed by atoms with Crippen LogP contribution in [0.5, 0.6) is 0 Å². The molecule has 2 aliphatic carbocycles. The average Bonchev–Trinajstić information content (AvgIpc) is 1.59. The number of fused-ring (bicyclic) bond motifs is 10. The van der Waals surface area contributed by atoms with Crippen LogP contribution in [0.25, 0.3) is 148 Å². The van der Waals surface area contributed by atoms with Crippen molar-refractivity contribution < 1.29 is 0 Å². The van der Waals surface area contributed by atoms with Gasteiger partial charge in [-0.1, -0.05) is 345 Å². The van der Waals surface area contributed by atoms with Crippen LogP contribution in [0, 0.1) is 41.5 Å². The number of benzene rings is 17. The van der Waals surface area contributed by atoms with Crippen LogP contribution in [0.1, 0.15) is 33.6 Å². The molecule has 0 bridgehead atoms. The number of aryl methyl sites for hydroxylation is 6. The lowest BCUT2D eigenvalue weighted by Gasteiger charge is -2.09. The van der Waals surface area contributed by atoms with Gasteiger partial charge in [0.2, 0.25) is 0 Å². The highest BCUT2D eigenvalue weighted by Crippen LogP contribution is 2.49. The van der Waals surface area contributed by atoms with Gasteiger partial charge in [-0.25, -0.2) is 4.98 Å². The van der Waals surface area contributed by atoms with Crippen molar-refractivity contribution in [3.8, 4) is 83.6 Å². The highest BCUT2D eigenvalue weighted by Gasteiger charge is 2.22. The summed E-state index contributed by atoms with van der Waals surface area (Å²) in [6.07, 6.45) is 0. The van der Waals surface area contributed by atoms with Crippen molar-refractivity contribution in [2.45, 2.75) is 41.5 Å². The minimum absolute atomic E-state index is 1.02. The zero-order chi connectivity index (χ0) is 68.8. The first-order chi connectivity index (χ1) is 49.6. The van der Waals surface area contributed by atoms with Crippen LogP contribution in [0.2, 0.25) is 0 Å². The molecule has 2 nitrogen and oxygen atoms in total. The van der Waals surface area contributed by atoms with Gasteiger partial charge in [-0.05, 0) is 220 Å². The summed E-state index contributed by atoms with van der Waals surface area (Å²) < 4.78 is 2.18. The Bertz CT molecular complexity index is 5930. The number of rotatable bonds is 4. The van der Waals surface area contributed by atoms with E-state index in [2.05, 4.69) is 372 Å². The van der Waals surface area contributed by atoms with Gasteiger partial charge >= 0.3 is 0 Å². The minimum Gasteiger partial charge on any atom is -0.297 e. The molecule has 0 saturated heterocycles. The van der Waals surface area contributed by atoms with Crippen molar-refractivity contribution in [3.63, 3.8) is 0 Å². The summed E-state index contributed by atoms with van der Waals surface area (Å²) in [5, 5.41) is 13.5. The summed E-state index contributed by atoms with van der Waals surface area (Å²) in [6, 6.07) is 129. The van der Waals surface area contributed by atoms with Crippen molar-refractivity contribution in [1.29, 1.82) is 0 Å². The third kappa shape index (κ3) is 13.3. The molecule has 101 heavy (non-hydrogen) atoms. The predicted octanol–water partition coefficient (Wildman–Crippen LogP) is 27.4. The van der Waals surface area contributed by atoms with Crippen LogP contribution in [-0.4, -0.2) is 9.55 Å². The zero-order valence-corrected chi connectivity index (χ0v) is 58.0. The van der Waals surface area contributed by atoms with E-state index in [4.69, 9.17) is 0 Å². The van der Waals surface area contributed by atoms with Gasteiger partial charge in [0, 0.05) is 5.69 Å². The molecular weight excluding hydrogens is 1220 g/mol. The van der Waals surface area contributed by atoms with E-state index in [1.807, 2.05) is 43.3 Å². The first-order valence-electron chi connectivity index (χ1n) is 35.0. The second-order valence-corrected chi connectivity index (χ2v) is 26.4. The summed E-state index contributed by atoms with van der Waals surface area (Å²) in [4.78, 5) is 4.55. The quantitative estimate of drug-likeness (QED) is 0.172. The number of hydrogen-bond donors (Lipinski definition) is 0. The van der Waals surface area contributed by atoms with Crippen molar-refractivity contribution in [2.75, 3.05) is 0 Å². The Morgan fingerprint density at radius 2 is 0.604 bits per heavy atom. The summed E-state index contributed by atoms with van der Waals surface area (Å²) >= 11 is 0. The third-order valence-electron chi connectivity index (χ3n) is 19.6. The maximum Gasteiger partial charge on any atom is 0.111 e. The van der Waals surface area contributed by atoms with Gasteiger partial charge in [-0.3, -0.25) is 4.57 Å². The van der Waals surface area contributed by atoms with Crippen LogP contribution >= 0.6 is 0 Å². The maximum atomic E-state index is 4.55. The summed E-state index contributed by atoms with van der Waals surface area (Å²) in [5.41, 5.74) is 28.8. The van der Waals surface area contributed by atoms with Gasteiger partial charge in [0.1, 0.15) is 5.82 Å². The molecule has 17 aromatic carbocycles. The molecule has 18 aromatic rings. The van der Waals surface area contributed by atoms with Crippen molar-refractivity contribution in [2.24, 2.45) is 0 Å². The molecule has 0 unspecified atom stereocenters. The SMILES string of the molecule is Cc1cc(-c2ccccc2)c2ccccc2c1.Cc1cc2c3c(cccc3c1)-c1ccccc1-2.Cc1ccc(-c2ccccc2)c2ccccc12.Cc1ccc2c(-c3ccccc3)cccc2c1.Cc1ccc2c3c(cccc13)-c1ccccc1-2.Cc1nc2ccccc2n1-c1ccccc1. The lowest BCUT2D eigenvalue weighted by Crippen LogP contribution is -1.95. The Morgan fingerprint density at radius 1 is 0.218 bits per heavy atom. The normalized spacial score (nSPS) is 11.1. The molecule has 0 amide bonds. The fraction of sp³-hybridized carbons (Fsp3) is 0.0606. The van der Waals surface area contributed by atoms with E-state index >= 15 is 0 Å². The highest BCUT2D eigenvalue weighted by molar-refractivity contribution is 6.17. The average molecular weight is 1300 g/mol. The molecule has 0 aliphatic heterocycles. The number of para-hydroxylation sites is 3. The standard InChI is InChI=1S/2C17H12.3C17H14.C14H12N2/c1-11-9-12-5-4-8-15-13-6-2-3-7-14(13)16(10-11)17(12)15;1-11-9-10-16-14-6-3-2-5-13(14)15-8-4-7-12(11)17(15)16;1-13-11-15-9-5-6-10-16(15)17(12-13)14-7-3-2-4-8-14;1-13-11-12-16(14-7-3-2-4-8-14)17-10-6-5-9-15(13)17;1-13-10-11-17-15(12-13)8-5-9-16(17)14-6-3-2-4-7-14;1-11-15-13-9-5-6-10-14(13)16(11)12-7-3-2-4-8-12/h2*2-10H,1H3;3*2-12H,1H3;2-10H,1H3. The van der Waals surface area contributed by atoms with E-state index in [0.29, 0.717) is 0 Å². The van der Waals surface area contributed by atoms with Gasteiger partial charge in [0.25, 0.3) is 0 Å². The molecular formula is C99H78N2. The molecule has 2 heteroatoms. The molecule has 20 rings (SSSR count). The van der Waals surface area contributed by atoms with E-state index in [-0.39, 0.29) is 0 Å². The van der Waals surface area contributed by atoms with Crippen molar-refractivity contribution in [3.05, 3.63) is 398 Å². The van der Waals surface area contributed by atoms with E-state index in [1.165, 1.54) is 160 Å². The second kappa shape index (κ2) is 28.9. The van der Waals surface area contributed by atoms with Gasteiger partial charge < -0.3 is 0 Å². The van der Waals surface area contributed by atoms with Gasteiger partial charge in [-0.2, -0.15) is 0 Å². The largest absolute Gasteiger partial charge is 0.297 e. The van der Waals surface area contributed by atoms with E-state index < -0.39 is 0 Å². The van der Waals surface area contributed by atoms with Crippen molar-refractivity contribution >= 4 is 64.9 Å². The Hall–Kier alpha value is -12.5. The van der Waals surface area contributed by atoms with Gasteiger partial charge in [0.15, 0.2) is 0 Å². The first kappa shape index (κ1) is 64.5. The molecule has 1 heterocycles. The Balaban J connectivity index is 0.0000000982. The molecule has 2 aliphatic rings. The number of imidazole rings is 1. The Labute approximate surface area is 593 Å². The fourth-order valence-electron chi connectivity index (χ4n) is 14.9. The molecule has 0 spiro atoms. The van der Waals surface area contributed by atoms with E-state index in [9.17, 15) is 0 Å². The van der Waals surface area contributed by atoms with Gasteiger partial charge in [-0.15, -0.1) is 0 Å². The minimum atomic E-state index is 1.02. The molecule has 0 atom stereocenters. The van der Waals surface area contributed by atoms with Crippen LogP contribution in [0.15, 0.2) is 364 Å². The zero-order valence-electron chi connectivity index (χ0n) is 58.0. The lowest BCUT2D eigenvalue weighted by molar-refractivity contribution is 1.00. The molecule has 484 valence electrons. The predicted molar refractivity (Wildman–Crippen MR) is 434 cm³/mol. The molecule has 0 fully saturated rings. The highest BCUT2D eigenvalue weighted by atomic mass is 15.1. The fourth-order valence-corrected chi connectivity index (χ4v) is 14.9. The van der Waals surface area contributed by atoms with Crippen LogP contribution in [0.3, 0.4) is 0 Å². The van der Waals surface area contributed by atoms with Crippen LogP contribution < -0.4 is 0 Å². The van der Waals surface area contributed by atoms with E-state index in [0.717, 1.165) is 22.5 Å². The monoisotopic (exact) mass is 1290 g/mol. The van der Waals surface area contributed by atoms with Gasteiger partial charge in [0.05, 0.1) is 11.0 Å². The Morgan fingerprint density at radius 3 is 1.24 bits per heavy atom. The van der Waals surface area contributed by atoms with Crippen molar-refractivity contribution in [1.82, 2.24) is 9.55 Å². The first-order valence-corrected chi connectivity index (χ1v) is 35.0. The number of aromatic nitrogens is 2. The van der Waals surface area contributed by atoms with Crippen LogP contribution in [0.4, 0.5) is 0 Å². The lowest BCUT2D eigenvalue weighted by atomic mass is 9.96. The number of hydrogen-bond acceptors (Lipinski definition) is 1. The topological polar surface area (TPSA) is 17.8 Å². The smallest absolute Gasteiger partial charge is 0.111 e. The molecule has 0 N–H and O–H groups in total. The third-order valence-corrected chi connectivity index (χ3v) is 19.6. The second-order valence-electron chi connectivity index (χ2n) is 26.4. The summed E-state index contributed by atoms with van der Waals surface area (Å²) in [7, 11) is 0. The summed E-state index contributed by atoms with van der Waals surface area (Å²) in [5.74, 6) is 1.02. The maximum absolute atomic E-state index is 4.55.